The molecule has 0 aliphatic heterocycles. The lowest BCUT2D eigenvalue weighted by atomic mass is 10.1. The molecule has 112 valence electrons. The monoisotopic (exact) mass is 316 g/mol. The van der Waals surface area contributed by atoms with Gasteiger partial charge in [-0.15, -0.1) is 10.2 Å². The number of fused-ring (bicyclic) bond motifs is 1. The van der Waals surface area contributed by atoms with Crippen molar-refractivity contribution in [3.05, 3.63) is 59.1 Å². The standard InChI is InChI=1S/C16H14ClFN4/c1-10(2)15-16(21-20-13-6-3-11(17)4-7-13)22-9-12(18)5-8-14(22)19-15/h3-10H,1-2H3. The van der Waals surface area contributed by atoms with Crippen molar-refractivity contribution in [3.63, 3.8) is 0 Å². The molecule has 0 atom stereocenters. The maximum absolute atomic E-state index is 13.5. The molecule has 0 N–H and O–H groups in total. The first kappa shape index (κ1) is 14.7. The smallest absolute Gasteiger partial charge is 0.183 e. The summed E-state index contributed by atoms with van der Waals surface area (Å²) in [4.78, 5) is 4.50. The molecule has 0 saturated carbocycles. The number of nitrogens with zero attached hydrogens (tertiary/aromatic N) is 4. The van der Waals surface area contributed by atoms with E-state index in [1.54, 1.807) is 34.7 Å². The van der Waals surface area contributed by atoms with E-state index in [0.29, 0.717) is 22.2 Å². The molecule has 0 spiro atoms. The highest BCUT2D eigenvalue weighted by Crippen LogP contribution is 2.29. The van der Waals surface area contributed by atoms with E-state index in [0.717, 1.165) is 5.69 Å². The Bertz CT molecular complexity index is 837. The van der Waals surface area contributed by atoms with Crippen molar-refractivity contribution in [3.8, 4) is 0 Å². The van der Waals surface area contributed by atoms with Gasteiger partial charge in [0.15, 0.2) is 5.82 Å². The van der Waals surface area contributed by atoms with Crippen LogP contribution in [0.2, 0.25) is 5.02 Å². The lowest BCUT2D eigenvalue weighted by molar-refractivity contribution is 0.619. The van der Waals surface area contributed by atoms with Gasteiger partial charge in [0, 0.05) is 11.2 Å². The van der Waals surface area contributed by atoms with Crippen molar-refractivity contribution >= 4 is 28.8 Å². The number of aromatic nitrogens is 2. The summed E-state index contributed by atoms with van der Waals surface area (Å²) in [5.74, 6) is 0.352. The number of pyridine rings is 1. The Hall–Kier alpha value is -2.27. The van der Waals surface area contributed by atoms with Crippen molar-refractivity contribution in [2.45, 2.75) is 19.8 Å². The second-order valence-corrected chi connectivity index (χ2v) is 5.66. The molecule has 3 aromatic rings. The summed E-state index contributed by atoms with van der Waals surface area (Å²) in [6.45, 7) is 4.03. The number of halogens is 2. The van der Waals surface area contributed by atoms with Gasteiger partial charge in [0.2, 0.25) is 0 Å². The summed E-state index contributed by atoms with van der Waals surface area (Å²) in [6.07, 6.45) is 1.37. The predicted molar refractivity (Wildman–Crippen MR) is 84.9 cm³/mol. The van der Waals surface area contributed by atoms with Crippen LogP contribution in [0, 0.1) is 5.82 Å². The molecule has 0 aliphatic carbocycles. The lowest BCUT2D eigenvalue weighted by Gasteiger charge is -2.01. The molecule has 22 heavy (non-hydrogen) atoms. The van der Waals surface area contributed by atoms with Crippen LogP contribution in [0.4, 0.5) is 15.9 Å². The van der Waals surface area contributed by atoms with Crippen LogP contribution in [-0.4, -0.2) is 9.38 Å². The third-order valence-corrected chi connectivity index (χ3v) is 3.47. The molecule has 2 heterocycles. The van der Waals surface area contributed by atoms with Gasteiger partial charge in [-0.05, 0) is 42.3 Å². The van der Waals surface area contributed by atoms with Crippen LogP contribution in [0.15, 0.2) is 52.8 Å². The predicted octanol–water partition coefficient (Wildman–Crippen LogP) is 5.67. The Kier molecular flexibility index (Phi) is 3.90. The maximum Gasteiger partial charge on any atom is 0.183 e. The van der Waals surface area contributed by atoms with Crippen LogP contribution < -0.4 is 0 Å². The molecule has 0 bridgehead atoms. The molecule has 2 aromatic heterocycles. The fraction of sp³-hybridized carbons (Fsp3) is 0.188. The van der Waals surface area contributed by atoms with Crippen molar-refractivity contribution in [1.82, 2.24) is 9.38 Å². The van der Waals surface area contributed by atoms with Crippen LogP contribution in [0.1, 0.15) is 25.5 Å². The lowest BCUT2D eigenvalue weighted by Crippen LogP contribution is -1.88. The van der Waals surface area contributed by atoms with Gasteiger partial charge in [-0.3, -0.25) is 4.40 Å². The van der Waals surface area contributed by atoms with Gasteiger partial charge in [-0.1, -0.05) is 25.4 Å². The molecular formula is C16H14ClFN4. The topological polar surface area (TPSA) is 42.0 Å². The van der Waals surface area contributed by atoms with Crippen LogP contribution >= 0.6 is 11.6 Å². The quantitative estimate of drug-likeness (QED) is 0.574. The molecule has 0 radical (unpaired) electrons. The molecule has 0 amide bonds. The molecular weight excluding hydrogens is 303 g/mol. The molecule has 4 nitrogen and oxygen atoms in total. The largest absolute Gasteiger partial charge is 0.280 e. The number of hydrogen-bond donors (Lipinski definition) is 0. The average molecular weight is 317 g/mol. The van der Waals surface area contributed by atoms with E-state index in [4.69, 9.17) is 11.6 Å². The summed E-state index contributed by atoms with van der Waals surface area (Å²) in [5, 5.41) is 9.11. The SMILES string of the molecule is CC(C)c1nc2ccc(F)cn2c1N=Nc1ccc(Cl)cc1. The van der Waals surface area contributed by atoms with E-state index >= 15 is 0 Å². The second-order valence-electron chi connectivity index (χ2n) is 5.23. The second kappa shape index (κ2) is 5.85. The first-order valence-electron chi connectivity index (χ1n) is 6.89. The van der Waals surface area contributed by atoms with E-state index in [2.05, 4.69) is 15.2 Å². The molecule has 3 rings (SSSR count). The first-order valence-corrected chi connectivity index (χ1v) is 7.27. The Morgan fingerprint density at radius 3 is 2.50 bits per heavy atom. The van der Waals surface area contributed by atoms with Crippen LogP contribution in [0.5, 0.6) is 0 Å². The molecule has 0 aliphatic rings. The highest BCUT2D eigenvalue weighted by Gasteiger charge is 2.15. The molecule has 0 unspecified atom stereocenters. The molecule has 1 aromatic carbocycles. The normalized spacial score (nSPS) is 11.9. The third kappa shape index (κ3) is 2.85. The zero-order chi connectivity index (χ0) is 15.7. The van der Waals surface area contributed by atoms with E-state index < -0.39 is 0 Å². The number of hydrogen-bond acceptors (Lipinski definition) is 3. The van der Waals surface area contributed by atoms with E-state index in [9.17, 15) is 4.39 Å². The summed E-state index contributed by atoms with van der Waals surface area (Å²) >= 11 is 5.85. The Labute approximate surface area is 132 Å². The van der Waals surface area contributed by atoms with Crippen molar-refractivity contribution < 1.29 is 4.39 Å². The first-order chi connectivity index (χ1) is 10.5. The average Bonchev–Trinajstić information content (AvgIpc) is 2.85. The van der Waals surface area contributed by atoms with Gasteiger partial charge < -0.3 is 0 Å². The summed E-state index contributed by atoms with van der Waals surface area (Å²) in [5.41, 5.74) is 2.10. The van der Waals surface area contributed by atoms with Crippen LogP contribution in [-0.2, 0) is 0 Å². The minimum absolute atomic E-state index is 0.155. The fourth-order valence-electron chi connectivity index (χ4n) is 2.12. The number of rotatable bonds is 3. The zero-order valence-electron chi connectivity index (χ0n) is 12.2. The van der Waals surface area contributed by atoms with Crippen LogP contribution in [0.25, 0.3) is 5.65 Å². The molecule has 0 fully saturated rings. The molecule has 6 heteroatoms. The summed E-state index contributed by atoms with van der Waals surface area (Å²) < 4.78 is 15.1. The van der Waals surface area contributed by atoms with Gasteiger partial charge in [0.25, 0.3) is 0 Å². The van der Waals surface area contributed by atoms with Crippen molar-refractivity contribution in [2.24, 2.45) is 10.2 Å². The van der Waals surface area contributed by atoms with Gasteiger partial charge >= 0.3 is 0 Å². The van der Waals surface area contributed by atoms with Gasteiger partial charge in [-0.25, -0.2) is 9.37 Å². The van der Waals surface area contributed by atoms with Gasteiger partial charge in [-0.2, -0.15) is 0 Å². The van der Waals surface area contributed by atoms with Crippen LogP contribution in [0.3, 0.4) is 0 Å². The minimum atomic E-state index is -0.344. The Morgan fingerprint density at radius 1 is 1.09 bits per heavy atom. The van der Waals surface area contributed by atoms with E-state index in [1.807, 2.05) is 13.8 Å². The zero-order valence-corrected chi connectivity index (χ0v) is 12.9. The Morgan fingerprint density at radius 2 is 1.82 bits per heavy atom. The van der Waals surface area contributed by atoms with E-state index in [-0.39, 0.29) is 11.7 Å². The summed E-state index contributed by atoms with van der Waals surface area (Å²) in [7, 11) is 0. The Balaban J connectivity index is 2.09. The van der Waals surface area contributed by atoms with Crippen molar-refractivity contribution in [2.75, 3.05) is 0 Å². The highest BCUT2D eigenvalue weighted by atomic mass is 35.5. The maximum atomic E-state index is 13.5. The van der Waals surface area contributed by atoms with Crippen molar-refractivity contribution in [1.29, 1.82) is 0 Å². The minimum Gasteiger partial charge on any atom is -0.280 e. The number of azo groups is 1. The number of imidazole rings is 1. The molecule has 0 saturated heterocycles. The summed E-state index contributed by atoms with van der Waals surface area (Å²) in [6, 6.07) is 10.0. The number of benzene rings is 1. The van der Waals surface area contributed by atoms with E-state index in [1.165, 1.54) is 12.3 Å². The fourth-order valence-corrected chi connectivity index (χ4v) is 2.25. The van der Waals surface area contributed by atoms with Gasteiger partial charge in [0.05, 0.1) is 11.4 Å². The third-order valence-electron chi connectivity index (χ3n) is 3.22. The van der Waals surface area contributed by atoms with Gasteiger partial charge in [0.1, 0.15) is 11.5 Å². The highest BCUT2D eigenvalue weighted by molar-refractivity contribution is 6.30.